The summed E-state index contributed by atoms with van der Waals surface area (Å²) in [5, 5.41) is 0. The maximum atomic E-state index is 13.6. The van der Waals surface area contributed by atoms with Gasteiger partial charge < -0.3 is 15.2 Å². The first-order chi connectivity index (χ1) is 10.0. The summed E-state index contributed by atoms with van der Waals surface area (Å²) >= 11 is 3.24. The molecule has 0 spiro atoms. The molecule has 0 fully saturated rings. The molecule has 21 heavy (non-hydrogen) atoms. The Morgan fingerprint density at radius 1 is 1.33 bits per heavy atom. The summed E-state index contributed by atoms with van der Waals surface area (Å²) in [4.78, 5) is 12.0. The number of benzene rings is 2. The van der Waals surface area contributed by atoms with E-state index in [1.54, 1.807) is 24.3 Å². The molecule has 0 aliphatic carbocycles. The van der Waals surface area contributed by atoms with Crippen LogP contribution in [0.4, 0.5) is 10.1 Å². The van der Waals surface area contributed by atoms with Crippen molar-refractivity contribution in [1.82, 2.24) is 0 Å². The maximum Gasteiger partial charge on any atom is 0.340 e. The van der Waals surface area contributed by atoms with Gasteiger partial charge in [-0.3, -0.25) is 0 Å². The molecule has 0 atom stereocenters. The molecule has 0 aromatic heterocycles. The summed E-state index contributed by atoms with van der Waals surface area (Å²) in [5.74, 6) is -0.687. The lowest BCUT2D eigenvalue weighted by Crippen LogP contribution is -2.09. The largest absolute Gasteiger partial charge is 0.495 e. The van der Waals surface area contributed by atoms with Crippen molar-refractivity contribution in [2.75, 3.05) is 12.8 Å². The Bertz CT molecular complexity index is 676. The zero-order valence-corrected chi connectivity index (χ0v) is 12.8. The van der Waals surface area contributed by atoms with Gasteiger partial charge in [0, 0.05) is 10.0 Å². The number of carbonyl (C=O) groups excluding carboxylic acids is 1. The van der Waals surface area contributed by atoms with Gasteiger partial charge >= 0.3 is 5.97 Å². The summed E-state index contributed by atoms with van der Waals surface area (Å²) in [6.07, 6.45) is 0. The number of ether oxygens (including phenoxy) is 2. The van der Waals surface area contributed by atoms with Crippen LogP contribution in [0.2, 0.25) is 0 Å². The van der Waals surface area contributed by atoms with Gasteiger partial charge in [-0.1, -0.05) is 22.0 Å². The Morgan fingerprint density at radius 3 is 2.81 bits per heavy atom. The lowest BCUT2D eigenvalue weighted by molar-refractivity contribution is 0.0470. The molecule has 0 aliphatic heterocycles. The van der Waals surface area contributed by atoms with Gasteiger partial charge in [-0.05, 0) is 30.3 Å². The Balaban J connectivity index is 2.14. The van der Waals surface area contributed by atoms with Crippen LogP contribution >= 0.6 is 15.9 Å². The number of methoxy groups -OCH3 is 1. The molecule has 0 saturated carbocycles. The van der Waals surface area contributed by atoms with E-state index in [1.165, 1.54) is 19.2 Å². The molecule has 0 heterocycles. The highest BCUT2D eigenvalue weighted by Crippen LogP contribution is 2.25. The van der Waals surface area contributed by atoms with Crippen molar-refractivity contribution >= 4 is 27.6 Å². The number of hydrogen-bond acceptors (Lipinski definition) is 4. The molecule has 2 aromatic rings. The van der Waals surface area contributed by atoms with E-state index >= 15 is 0 Å². The predicted octanol–water partition coefficient (Wildman–Crippen LogP) is 3.54. The zero-order chi connectivity index (χ0) is 15.4. The molecule has 0 saturated heterocycles. The number of carbonyl (C=O) groups is 1. The molecular weight excluding hydrogens is 341 g/mol. The lowest BCUT2D eigenvalue weighted by Gasteiger charge is -2.10. The molecular formula is C15H13BrFNO3. The fraction of sp³-hybridized carbons (Fsp3) is 0.133. The summed E-state index contributed by atoms with van der Waals surface area (Å²) in [6.45, 7) is -0.180. The van der Waals surface area contributed by atoms with Crippen molar-refractivity contribution in [3.8, 4) is 5.75 Å². The van der Waals surface area contributed by atoms with Gasteiger partial charge in [0.1, 0.15) is 18.2 Å². The molecule has 0 radical (unpaired) electrons. The Kier molecular flexibility index (Phi) is 4.80. The molecule has 2 rings (SSSR count). The third-order valence-corrected chi connectivity index (χ3v) is 3.37. The van der Waals surface area contributed by atoms with Crippen LogP contribution in [0.5, 0.6) is 5.75 Å². The van der Waals surface area contributed by atoms with E-state index in [0.29, 0.717) is 10.2 Å². The fourth-order valence-corrected chi connectivity index (χ4v) is 2.18. The second-order valence-corrected chi connectivity index (χ2v) is 5.15. The van der Waals surface area contributed by atoms with Crippen molar-refractivity contribution in [2.45, 2.75) is 6.61 Å². The van der Waals surface area contributed by atoms with Crippen LogP contribution in [0.3, 0.4) is 0 Å². The van der Waals surface area contributed by atoms with Crippen molar-refractivity contribution < 1.29 is 18.7 Å². The van der Waals surface area contributed by atoms with E-state index in [1.807, 2.05) is 0 Å². The summed E-state index contributed by atoms with van der Waals surface area (Å²) in [5.41, 5.74) is 6.47. The number of nitrogen functional groups attached to an aromatic ring is 1. The fourth-order valence-electron chi connectivity index (χ4n) is 1.77. The van der Waals surface area contributed by atoms with Crippen LogP contribution < -0.4 is 10.5 Å². The standard InChI is InChI=1S/C15H13BrFNO3/c1-20-13-4-2-3-11(14(13)18)15(19)21-8-9-7-10(16)5-6-12(9)17/h2-7H,8,18H2,1H3. The molecule has 4 nitrogen and oxygen atoms in total. The van der Waals surface area contributed by atoms with Gasteiger partial charge in [-0.2, -0.15) is 0 Å². The summed E-state index contributed by atoms with van der Waals surface area (Å²) in [6, 6.07) is 9.22. The molecule has 0 aliphatic rings. The van der Waals surface area contributed by atoms with Crippen LogP contribution in [0.25, 0.3) is 0 Å². The first-order valence-corrected chi connectivity index (χ1v) is 6.85. The predicted molar refractivity (Wildman–Crippen MR) is 80.6 cm³/mol. The number of para-hydroxylation sites is 1. The number of hydrogen-bond donors (Lipinski definition) is 1. The quantitative estimate of drug-likeness (QED) is 0.674. The van der Waals surface area contributed by atoms with Crippen molar-refractivity contribution in [3.63, 3.8) is 0 Å². The first-order valence-electron chi connectivity index (χ1n) is 6.06. The number of nitrogens with two attached hydrogens (primary N) is 1. The number of esters is 1. The highest BCUT2D eigenvalue weighted by Gasteiger charge is 2.15. The average molecular weight is 354 g/mol. The normalized spacial score (nSPS) is 10.2. The molecule has 6 heteroatoms. The third-order valence-electron chi connectivity index (χ3n) is 2.87. The van der Waals surface area contributed by atoms with Gasteiger partial charge in [-0.15, -0.1) is 0 Å². The van der Waals surface area contributed by atoms with Crippen LogP contribution in [0.15, 0.2) is 40.9 Å². The summed E-state index contributed by atoms with van der Waals surface area (Å²) in [7, 11) is 1.46. The van der Waals surface area contributed by atoms with E-state index in [9.17, 15) is 9.18 Å². The maximum absolute atomic E-state index is 13.6. The molecule has 0 amide bonds. The second-order valence-electron chi connectivity index (χ2n) is 4.23. The van der Waals surface area contributed by atoms with E-state index < -0.39 is 11.8 Å². The van der Waals surface area contributed by atoms with Gasteiger partial charge in [-0.25, -0.2) is 9.18 Å². The van der Waals surface area contributed by atoms with Crippen molar-refractivity contribution in [2.24, 2.45) is 0 Å². The molecule has 2 aromatic carbocycles. The van der Waals surface area contributed by atoms with Crippen LogP contribution in [-0.4, -0.2) is 13.1 Å². The number of anilines is 1. The van der Waals surface area contributed by atoms with Gasteiger partial charge in [0.2, 0.25) is 0 Å². The molecule has 0 bridgehead atoms. The van der Waals surface area contributed by atoms with Gasteiger partial charge in [0.05, 0.1) is 18.4 Å². The molecule has 110 valence electrons. The monoisotopic (exact) mass is 353 g/mol. The van der Waals surface area contributed by atoms with E-state index in [2.05, 4.69) is 15.9 Å². The van der Waals surface area contributed by atoms with Gasteiger partial charge in [0.15, 0.2) is 0 Å². The smallest absolute Gasteiger partial charge is 0.340 e. The number of halogens is 2. The Hall–Kier alpha value is -2.08. The van der Waals surface area contributed by atoms with Crippen LogP contribution in [0, 0.1) is 5.82 Å². The Morgan fingerprint density at radius 2 is 2.10 bits per heavy atom. The molecule has 0 unspecified atom stereocenters. The van der Waals surface area contributed by atoms with Crippen molar-refractivity contribution in [1.29, 1.82) is 0 Å². The second kappa shape index (κ2) is 6.58. The summed E-state index contributed by atoms with van der Waals surface area (Å²) < 4.78 is 24.4. The first kappa shape index (κ1) is 15.3. The minimum atomic E-state index is -0.634. The van der Waals surface area contributed by atoms with E-state index in [4.69, 9.17) is 15.2 Å². The minimum Gasteiger partial charge on any atom is -0.495 e. The highest BCUT2D eigenvalue weighted by atomic mass is 79.9. The SMILES string of the molecule is COc1cccc(C(=O)OCc2cc(Br)ccc2F)c1N. The topological polar surface area (TPSA) is 61.5 Å². The number of rotatable bonds is 4. The van der Waals surface area contributed by atoms with Crippen molar-refractivity contribution in [3.05, 3.63) is 57.8 Å². The van der Waals surface area contributed by atoms with E-state index in [0.717, 1.165) is 0 Å². The Labute approximate surface area is 129 Å². The van der Waals surface area contributed by atoms with Gasteiger partial charge in [0.25, 0.3) is 0 Å². The lowest BCUT2D eigenvalue weighted by atomic mass is 10.1. The van der Waals surface area contributed by atoms with E-state index in [-0.39, 0.29) is 23.4 Å². The highest BCUT2D eigenvalue weighted by molar-refractivity contribution is 9.10. The van der Waals surface area contributed by atoms with Crippen LogP contribution in [0.1, 0.15) is 15.9 Å². The molecule has 2 N–H and O–H groups in total. The average Bonchev–Trinajstić information content (AvgIpc) is 2.48. The minimum absolute atomic E-state index is 0.180. The zero-order valence-electron chi connectivity index (χ0n) is 11.2. The third kappa shape index (κ3) is 3.52. The van der Waals surface area contributed by atoms with Crippen LogP contribution in [-0.2, 0) is 11.3 Å².